The second kappa shape index (κ2) is 9.59. The van der Waals surface area contributed by atoms with Crippen LogP contribution in [0.4, 0.5) is 11.4 Å². The molecule has 142 valence electrons. The fraction of sp³-hybridized carbons (Fsp3) is 0.467. The lowest BCUT2D eigenvalue weighted by Crippen LogP contribution is -2.46. The van der Waals surface area contributed by atoms with Gasteiger partial charge in [-0.25, -0.2) is 8.42 Å². The Hall–Kier alpha value is -1.84. The predicted octanol–water partition coefficient (Wildman–Crippen LogP) is 0.826. The number of sulfonamides is 1. The van der Waals surface area contributed by atoms with Crippen molar-refractivity contribution in [2.75, 3.05) is 22.8 Å². The first-order valence-electron chi connectivity index (χ1n) is 7.41. The summed E-state index contributed by atoms with van der Waals surface area (Å²) in [5.41, 5.74) is 7.19. The molecule has 0 spiro atoms. The van der Waals surface area contributed by atoms with Crippen LogP contribution in [0.5, 0.6) is 0 Å². The Kier molecular flexibility index (Phi) is 8.89. The maximum absolute atomic E-state index is 11.9. The van der Waals surface area contributed by atoms with Gasteiger partial charge >= 0.3 is 0 Å². The van der Waals surface area contributed by atoms with E-state index in [0.717, 1.165) is 11.8 Å². The SMILES string of the molecule is Cc1ccc(NC(=O)CNC(=O)[C@@H](N)C(C)C)cc1NS(C)(=O)=O.Cl. The summed E-state index contributed by atoms with van der Waals surface area (Å²) in [6.45, 7) is 5.15. The molecule has 0 aliphatic rings. The summed E-state index contributed by atoms with van der Waals surface area (Å²) < 4.78 is 25.0. The molecule has 0 saturated carbocycles. The van der Waals surface area contributed by atoms with Crippen molar-refractivity contribution in [1.29, 1.82) is 0 Å². The standard InChI is InChI=1S/C15H24N4O4S.ClH/c1-9(2)14(16)15(21)17-8-13(20)18-11-6-5-10(3)12(7-11)19-24(4,22)23;/h5-7,9,14,19H,8,16H2,1-4H3,(H,17,21)(H,18,20);1H/t14-;/m0./s1. The van der Waals surface area contributed by atoms with Crippen molar-refractivity contribution in [3.8, 4) is 0 Å². The molecule has 0 aliphatic heterocycles. The van der Waals surface area contributed by atoms with Gasteiger partial charge in [-0.2, -0.15) is 0 Å². The van der Waals surface area contributed by atoms with Crippen LogP contribution in [0, 0.1) is 12.8 Å². The van der Waals surface area contributed by atoms with Crippen LogP contribution in [0.15, 0.2) is 18.2 Å². The van der Waals surface area contributed by atoms with Crippen LogP contribution in [0.25, 0.3) is 0 Å². The zero-order valence-electron chi connectivity index (χ0n) is 14.6. The molecule has 2 amide bonds. The third-order valence-electron chi connectivity index (χ3n) is 3.26. The van der Waals surface area contributed by atoms with Gasteiger partial charge in [-0.1, -0.05) is 19.9 Å². The molecule has 10 heteroatoms. The maximum Gasteiger partial charge on any atom is 0.243 e. The van der Waals surface area contributed by atoms with E-state index in [0.29, 0.717) is 11.4 Å². The van der Waals surface area contributed by atoms with Gasteiger partial charge in [-0.3, -0.25) is 14.3 Å². The normalized spacial score (nSPS) is 12.1. The van der Waals surface area contributed by atoms with E-state index in [1.807, 2.05) is 13.8 Å². The third kappa shape index (κ3) is 8.19. The monoisotopic (exact) mass is 392 g/mol. The summed E-state index contributed by atoms with van der Waals surface area (Å²) in [5.74, 6) is -0.869. The molecule has 1 aromatic rings. The number of rotatable bonds is 7. The molecule has 0 aromatic heterocycles. The summed E-state index contributed by atoms with van der Waals surface area (Å²) in [5, 5.41) is 5.05. The summed E-state index contributed by atoms with van der Waals surface area (Å²) >= 11 is 0. The van der Waals surface area contributed by atoms with Gasteiger partial charge in [0, 0.05) is 5.69 Å². The zero-order chi connectivity index (χ0) is 18.5. The van der Waals surface area contributed by atoms with Gasteiger partial charge in [-0.15, -0.1) is 12.4 Å². The van der Waals surface area contributed by atoms with Crippen LogP contribution in [-0.4, -0.2) is 39.1 Å². The van der Waals surface area contributed by atoms with Gasteiger partial charge in [-0.05, 0) is 30.5 Å². The number of carbonyl (C=O) groups is 2. The largest absolute Gasteiger partial charge is 0.346 e. The van der Waals surface area contributed by atoms with Crippen molar-refractivity contribution in [2.24, 2.45) is 11.7 Å². The highest BCUT2D eigenvalue weighted by atomic mass is 35.5. The fourth-order valence-electron chi connectivity index (χ4n) is 1.80. The number of carbonyl (C=O) groups excluding carboxylic acids is 2. The number of nitrogens with two attached hydrogens (primary N) is 1. The first-order valence-corrected chi connectivity index (χ1v) is 9.30. The molecule has 0 bridgehead atoms. The number of anilines is 2. The number of hydrogen-bond acceptors (Lipinski definition) is 5. The highest BCUT2D eigenvalue weighted by Gasteiger charge is 2.17. The lowest BCUT2D eigenvalue weighted by atomic mass is 10.1. The van der Waals surface area contributed by atoms with E-state index in [-0.39, 0.29) is 24.9 Å². The van der Waals surface area contributed by atoms with E-state index in [2.05, 4.69) is 15.4 Å². The molecular weight excluding hydrogens is 368 g/mol. The molecular formula is C15H25ClN4O4S. The molecule has 0 fully saturated rings. The minimum atomic E-state index is -3.42. The highest BCUT2D eigenvalue weighted by molar-refractivity contribution is 7.92. The summed E-state index contributed by atoms with van der Waals surface area (Å²) in [6.07, 6.45) is 1.05. The molecule has 1 aromatic carbocycles. The number of benzene rings is 1. The maximum atomic E-state index is 11.9. The number of aryl methyl sites for hydroxylation is 1. The van der Waals surface area contributed by atoms with Gasteiger partial charge in [0.05, 0.1) is 24.5 Å². The lowest BCUT2D eigenvalue weighted by Gasteiger charge is -2.15. The Balaban J connectivity index is 0.00000576. The lowest BCUT2D eigenvalue weighted by molar-refractivity contribution is -0.125. The van der Waals surface area contributed by atoms with Gasteiger partial charge in [0.25, 0.3) is 0 Å². The minimum Gasteiger partial charge on any atom is -0.346 e. The second-order valence-electron chi connectivity index (χ2n) is 5.94. The van der Waals surface area contributed by atoms with E-state index < -0.39 is 27.9 Å². The minimum absolute atomic E-state index is 0. The van der Waals surface area contributed by atoms with Crippen molar-refractivity contribution in [3.05, 3.63) is 23.8 Å². The molecule has 1 rings (SSSR count). The number of nitrogens with one attached hydrogen (secondary N) is 3. The smallest absolute Gasteiger partial charge is 0.243 e. The van der Waals surface area contributed by atoms with Crippen LogP contribution in [-0.2, 0) is 19.6 Å². The van der Waals surface area contributed by atoms with Crippen molar-refractivity contribution in [1.82, 2.24) is 5.32 Å². The second-order valence-corrected chi connectivity index (χ2v) is 7.69. The van der Waals surface area contributed by atoms with E-state index in [9.17, 15) is 18.0 Å². The van der Waals surface area contributed by atoms with Crippen molar-refractivity contribution < 1.29 is 18.0 Å². The Labute approximate surface area is 154 Å². The van der Waals surface area contributed by atoms with Crippen molar-refractivity contribution in [3.63, 3.8) is 0 Å². The van der Waals surface area contributed by atoms with Crippen LogP contribution < -0.4 is 21.1 Å². The van der Waals surface area contributed by atoms with Gasteiger partial charge in [0.15, 0.2) is 0 Å². The summed E-state index contributed by atoms with van der Waals surface area (Å²) in [6, 6.07) is 4.15. The van der Waals surface area contributed by atoms with Gasteiger partial charge in [0.2, 0.25) is 21.8 Å². The topological polar surface area (TPSA) is 130 Å². The zero-order valence-corrected chi connectivity index (χ0v) is 16.3. The molecule has 8 nitrogen and oxygen atoms in total. The number of amides is 2. The molecule has 0 saturated heterocycles. The van der Waals surface area contributed by atoms with Gasteiger partial charge in [0.1, 0.15) is 0 Å². The van der Waals surface area contributed by atoms with E-state index in [1.165, 1.54) is 6.07 Å². The summed E-state index contributed by atoms with van der Waals surface area (Å²) in [4.78, 5) is 23.6. The average Bonchev–Trinajstić information content (AvgIpc) is 2.45. The highest BCUT2D eigenvalue weighted by Crippen LogP contribution is 2.21. The van der Waals surface area contributed by atoms with Crippen LogP contribution >= 0.6 is 12.4 Å². The molecule has 5 N–H and O–H groups in total. The summed E-state index contributed by atoms with van der Waals surface area (Å²) in [7, 11) is -3.42. The first kappa shape index (κ1) is 23.2. The third-order valence-corrected chi connectivity index (χ3v) is 3.85. The molecule has 25 heavy (non-hydrogen) atoms. The van der Waals surface area contributed by atoms with Crippen LogP contribution in [0.1, 0.15) is 19.4 Å². The number of hydrogen-bond donors (Lipinski definition) is 4. The Bertz CT molecular complexity index is 722. The number of halogens is 1. The average molecular weight is 393 g/mol. The van der Waals surface area contributed by atoms with E-state index >= 15 is 0 Å². The predicted molar refractivity (Wildman–Crippen MR) is 101 cm³/mol. The van der Waals surface area contributed by atoms with Gasteiger partial charge < -0.3 is 16.4 Å². The van der Waals surface area contributed by atoms with Crippen molar-refractivity contribution >= 4 is 45.6 Å². The first-order chi connectivity index (χ1) is 11.0. The molecule has 0 radical (unpaired) electrons. The molecule has 0 unspecified atom stereocenters. The van der Waals surface area contributed by atoms with Crippen LogP contribution in [0.2, 0.25) is 0 Å². The fourth-order valence-corrected chi connectivity index (χ4v) is 2.42. The van der Waals surface area contributed by atoms with E-state index in [4.69, 9.17) is 5.73 Å². The van der Waals surface area contributed by atoms with Crippen LogP contribution in [0.3, 0.4) is 0 Å². The quantitative estimate of drug-likeness (QED) is 0.545. The Morgan fingerprint density at radius 1 is 1.24 bits per heavy atom. The molecule has 0 heterocycles. The Morgan fingerprint density at radius 2 is 1.84 bits per heavy atom. The Morgan fingerprint density at radius 3 is 2.36 bits per heavy atom. The van der Waals surface area contributed by atoms with Crippen molar-refractivity contribution in [2.45, 2.75) is 26.8 Å². The molecule has 1 atom stereocenters. The molecule has 0 aliphatic carbocycles. The van der Waals surface area contributed by atoms with E-state index in [1.54, 1.807) is 19.1 Å².